The van der Waals surface area contributed by atoms with Gasteiger partial charge < -0.3 is 4.74 Å². The van der Waals surface area contributed by atoms with Gasteiger partial charge in [0.1, 0.15) is 17.6 Å². The van der Waals surface area contributed by atoms with Gasteiger partial charge in [0.15, 0.2) is 5.37 Å². The molecular weight excluding hydrogens is 332 g/mol. The highest BCUT2D eigenvalue weighted by Gasteiger charge is 2.42. The van der Waals surface area contributed by atoms with Crippen molar-refractivity contribution in [3.8, 4) is 0 Å². The Morgan fingerprint density at radius 2 is 2.17 bits per heavy atom. The zero-order valence-electron chi connectivity index (χ0n) is 12.3. The highest BCUT2D eigenvalue weighted by molar-refractivity contribution is 7.90. The van der Waals surface area contributed by atoms with Gasteiger partial charge in [-0.05, 0) is 13.0 Å². The summed E-state index contributed by atoms with van der Waals surface area (Å²) in [5, 5.41) is -1.25. The van der Waals surface area contributed by atoms with Crippen LogP contribution in [0.5, 0.6) is 0 Å². The van der Waals surface area contributed by atoms with Crippen molar-refractivity contribution in [2.75, 3.05) is 13.2 Å². The summed E-state index contributed by atoms with van der Waals surface area (Å²) >= 11 is 0. The average Bonchev–Trinajstić information content (AvgIpc) is 2.97. The molecule has 1 aliphatic rings. The number of hydrogen-bond acceptors (Lipinski definition) is 6. The molecule has 1 aromatic rings. The number of nitrogens with one attached hydrogen (secondary N) is 3. The van der Waals surface area contributed by atoms with E-state index in [1.54, 1.807) is 6.92 Å². The van der Waals surface area contributed by atoms with Gasteiger partial charge in [-0.15, -0.1) is 0 Å². The SMILES string of the molecule is CCOC(=O)C1CNNC1S(=O)(=O)NCc1ccc(F)cc1F. The van der Waals surface area contributed by atoms with Gasteiger partial charge in [0.05, 0.1) is 6.61 Å². The fraction of sp³-hybridized carbons (Fsp3) is 0.462. The minimum atomic E-state index is -3.98. The first-order valence-electron chi connectivity index (χ1n) is 6.92. The Labute approximate surface area is 132 Å². The number of sulfonamides is 1. The number of benzene rings is 1. The largest absolute Gasteiger partial charge is 0.466 e. The molecule has 0 spiro atoms. The van der Waals surface area contributed by atoms with Gasteiger partial charge in [0.2, 0.25) is 10.0 Å². The molecule has 7 nitrogen and oxygen atoms in total. The first kappa shape index (κ1) is 17.7. The van der Waals surface area contributed by atoms with Crippen molar-refractivity contribution < 1.29 is 26.7 Å². The third-order valence-electron chi connectivity index (χ3n) is 3.33. The van der Waals surface area contributed by atoms with Crippen LogP contribution in [-0.2, 0) is 26.1 Å². The van der Waals surface area contributed by atoms with E-state index in [0.717, 1.165) is 12.1 Å². The van der Waals surface area contributed by atoms with E-state index in [1.165, 1.54) is 0 Å². The van der Waals surface area contributed by atoms with Crippen LogP contribution >= 0.6 is 0 Å². The maximum absolute atomic E-state index is 13.5. The molecule has 0 bridgehead atoms. The second kappa shape index (κ2) is 7.30. The molecule has 1 heterocycles. The fourth-order valence-electron chi connectivity index (χ4n) is 2.16. The van der Waals surface area contributed by atoms with E-state index in [1.807, 2.05) is 0 Å². The Morgan fingerprint density at radius 3 is 2.83 bits per heavy atom. The molecular formula is C13H17F2N3O4S. The van der Waals surface area contributed by atoms with Gasteiger partial charge in [-0.25, -0.2) is 27.3 Å². The van der Waals surface area contributed by atoms with Crippen molar-refractivity contribution in [3.05, 3.63) is 35.4 Å². The Morgan fingerprint density at radius 1 is 1.43 bits per heavy atom. The first-order valence-corrected chi connectivity index (χ1v) is 8.47. The molecule has 0 amide bonds. The number of carbonyl (C=O) groups is 1. The lowest BCUT2D eigenvalue weighted by Crippen LogP contribution is -2.47. The summed E-state index contributed by atoms with van der Waals surface area (Å²) in [4.78, 5) is 11.8. The van der Waals surface area contributed by atoms with E-state index in [-0.39, 0.29) is 25.3 Å². The van der Waals surface area contributed by atoms with Gasteiger partial charge >= 0.3 is 5.97 Å². The molecule has 2 atom stereocenters. The predicted octanol–water partition coefficient (Wildman–Crippen LogP) is -0.00260. The molecule has 0 aliphatic carbocycles. The van der Waals surface area contributed by atoms with Gasteiger partial charge in [-0.1, -0.05) is 6.07 Å². The van der Waals surface area contributed by atoms with Crippen LogP contribution in [0.25, 0.3) is 0 Å². The van der Waals surface area contributed by atoms with Crippen molar-refractivity contribution in [2.45, 2.75) is 18.8 Å². The number of ether oxygens (including phenoxy) is 1. The summed E-state index contributed by atoms with van der Waals surface area (Å²) in [5.74, 6) is -3.18. The lowest BCUT2D eigenvalue weighted by molar-refractivity contribution is -0.147. The summed E-state index contributed by atoms with van der Waals surface area (Å²) in [5.41, 5.74) is 5.08. The molecule has 1 aliphatic heterocycles. The average molecular weight is 349 g/mol. The second-order valence-electron chi connectivity index (χ2n) is 4.91. The maximum atomic E-state index is 13.5. The molecule has 10 heteroatoms. The molecule has 3 N–H and O–H groups in total. The minimum Gasteiger partial charge on any atom is -0.466 e. The molecule has 1 fully saturated rings. The Bertz CT molecular complexity index is 684. The van der Waals surface area contributed by atoms with E-state index in [0.29, 0.717) is 6.07 Å². The van der Waals surface area contributed by atoms with Gasteiger partial charge in [-0.3, -0.25) is 10.2 Å². The summed E-state index contributed by atoms with van der Waals surface area (Å²) < 4.78 is 58.0. The Hall–Kier alpha value is -1.62. The van der Waals surface area contributed by atoms with Gasteiger partial charge in [-0.2, -0.15) is 0 Å². The monoisotopic (exact) mass is 349 g/mol. The Balaban J connectivity index is 2.07. The van der Waals surface area contributed by atoms with Crippen molar-refractivity contribution >= 4 is 16.0 Å². The van der Waals surface area contributed by atoms with Crippen LogP contribution in [0, 0.1) is 17.6 Å². The molecule has 2 rings (SSSR count). The summed E-state index contributed by atoms with van der Waals surface area (Å²) in [6, 6.07) is 2.85. The van der Waals surface area contributed by atoms with E-state index in [2.05, 4.69) is 15.6 Å². The van der Waals surface area contributed by atoms with E-state index < -0.39 is 38.9 Å². The van der Waals surface area contributed by atoms with Crippen LogP contribution < -0.4 is 15.6 Å². The first-order chi connectivity index (χ1) is 10.8. The van der Waals surface area contributed by atoms with E-state index >= 15 is 0 Å². The highest BCUT2D eigenvalue weighted by atomic mass is 32.2. The lowest BCUT2D eigenvalue weighted by atomic mass is 10.2. The van der Waals surface area contributed by atoms with Crippen LogP contribution in [-0.4, -0.2) is 32.9 Å². The van der Waals surface area contributed by atoms with Crippen LogP contribution in [0.4, 0.5) is 8.78 Å². The predicted molar refractivity (Wildman–Crippen MR) is 77.2 cm³/mol. The quantitative estimate of drug-likeness (QED) is 0.626. The molecule has 2 unspecified atom stereocenters. The summed E-state index contributed by atoms with van der Waals surface area (Å²) in [6.07, 6.45) is 0. The van der Waals surface area contributed by atoms with Crippen molar-refractivity contribution in [1.82, 2.24) is 15.6 Å². The summed E-state index contributed by atoms with van der Waals surface area (Å²) in [7, 11) is -3.98. The van der Waals surface area contributed by atoms with Crippen LogP contribution in [0.2, 0.25) is 0 Å². The van der Waals surface area contributed by atoms with Crippen molar-refractivity contribution in [2.24, 2.45) is 5.92 Å². The molecule has 1 saturated heterocycles. The lowest BCUT2D eigenvalue weighted by Gasteiger charge is -2.18. The van der Waals surface area contributed by atoms with Crippen molar-refractivity contribution in [1.29, 1.82) is 0 Å². The maximum Gasteiger partial charge on any atom is 0.313 e. The van der Waals surface area contributed by atoms with Gasteiger partial charge in [0.25, 0.3) is 0 Å². The molecule has 23 heavy (non-hydrogen) atoms. The number of hydrazine groups is 1. The molecule has 0 radical (unpaired) electrons. The summed E-state index contributed by atoms with van der Waals surface area (Å²) in [6.45, 7) is 1.49. The smallest absolute Gasteiger partial charge is 0.313 e. The number of halogens is 2. The minimum absolute atomic E-state index is 0.00591. The van der Waals surface area contributed by atoms with E-state index in [9.17, 15) is 22.0 Å². The van der Waals surface area contributed by atoms with Crippen LogP contribution in [0.3, 0.4) is 0 Å². The normalized spacial score (nSPS) is 21.3. The van der Waals surface area contributed by atoms with Crippen LogP contribution in [0.15, 0.2) is 18.2 Å². The van der Waals surface area contributed by atoms with Gasteiger partial charge in [0, 0.05) is 24.7 Å². The van der Waals surface area contributed by atoms with Crippen molar-refractivity contribution in [3.63, 3.8) is 0 Å². The zero-order valence-corrected chi connectivity index (χ0v) is 13.1. The number of rotatable bonds is 6. The second-order valence-corrected chi connectivity index (χ2v) is 6.79. The highest BCUT2D eigenvalue weighted by Crippen LogP contribution is 2.16. The fourth-order valence-corrected chi connectivity index (χ4v) is 3.57. The number of hydrogen-bond donors (Lipinski definition) is 3. The standard InChI is InChI=1S/C13H17F2N3O4S/c1-2-22-13(19)10-7-16-18-12(10)23(20,21)17-6-8-3-4-9(14)5-11(8)15/h3-5,10,12,16-18H,2,6-7H2,1H3. The van der Waals surface area contributed by atoms with E-state index in [4.69, 9.17) is 4.74 Å². The third kappa shape index (κ3) is 4.22. The topological polar surface area (TPSA) is 96.5 Å². The number of esters is 1. The number of carbonyl (C=O) groups excluding carboxylic acids is 1. The third-order valence-corrected chi connectivity index (χ3v) is 5.00. The molecule has 1 aromatic carbocycles. The Kier molecular flexibility index (Phi) is 5.63. The molecule has 0 aromatic heterocycles. The molecule has 128 valence electrons. The van der Waals surface area contributed by atoms with Crippen LogP contribution in [0.1, 0.15) is 12.5 Å². The zero-order chi connectivity index (χ0) is 17.0. The molecule has 0 saturated carbocycles.